The molecule has 0 aliphatic carbocycles. The minimum Gasteiger partial charge on any atom is -0.350 e. The van der Waals surface area contributed by atoms with Crippen molar-refractivity contribution in [2.24, 2.45) is 0 Å². The summed E-state index contributed by atoms with van der Waals surface area (Å²) in [6, 6.07) is 13.3. The number of carbonyl (C=O) groups is 2. The summed E-state index contributed by atoms with van der Waals surface area (Å²) in [5.74, 6) is -0.937. The van der Waals surface area contributed by atoms with Gasteiger partial charge in [0.1, 0.15) is 12.4 Å². The Kier molecular flexibility index (Phi) is 5.46. The van der Waals surface area contributed by atoms with Crippen molar-refractivity contribution in [3.63, 3.8) is 0 Å². The molecule has 0 aromatic heterocycles. The molecule has 2 aromatic carbocycles. The molecule has 2 rings (SSSR count). The lowest BCUT2D eigenvalue weighted by Gasteiger charge is -2.20. The minimum absolute atomic E-state index is 0.104. The second kappa shape index (κ2) is 7.54. The van der Waals surface area contributed by atoms with Gasteiger partial charge in [-0.25, -0.2) is 4.39 Å². The molecule has 0 saturated carbocycles. The molecule has 5 heteroatoms. The first kappa shape index (κ1) is 16.7. The number of benzene rings is 2. The molecule has 0 aliphatic heterocycles. The Balaban J connectivity index is 1.96. The third kappa shape index (κ3) is 4.92. The predicted octanol–water partition coefficient (Wildman–Crippen LogP) is 2.80. The van der Waals surface area contributed by atoms with Crippen LogP contribution in [0, 0.1) is 12.7 Å². The fourth-order valence-electron chi connectivity index (χ4n) is 2.11. The Labute approximate surface area is 134 Å². The van der Waals surface area contributed by atoms with Gasteiger partial charge in [-0.15, -0.1) is 0 Å². The van der Waals surface area contributed by atoms with E-state index >= 15 is 0 Å². The molecule has 120 valence electrons. The lowest BCUT2D eigenvalue weighted by molar-refractivity contribution is -0.123. The maximum atomic E-state index is 13.0. The van der Waals surface area contributed by atoms with Gasteiger partial charge in [0.25, 0.3) is 0 Å². The van der Waals surface area contributed by atoms with Gasteiger partial charge in [0.15, 0.2) is 0 Å². The van der Waals surface area contributed by atoms with Gasteiger partial charge in [0.05, 0.1) is 0 Å². The second-order valence-corrected chi connectivity index (χ2v) is 5.34. The molecule has 0 atom stereocenters. The fraction of sp³-hybridized carbons (Fsp3) is 0.222. The van der Waals surface area contributed by atoms with Crippen LogP contribution in [-0.4, -0.2) is 18.4 Å². The summed E-state index contributed by atoms with van der Waals surface area (Å²) < 4.78 is 13.0. The van der Waals surface area contributed by atoms with E-state index in [9.17, 15) is 14.0 Å². The number of nitrogens with zero attached hydrogens (tertiary/aromatic N) is 1. The largest absolute Gasteiger partial charge is 0.350 e. The summed E-state index contributed by atoms with van der Waals surface area (Å²) >= 11 is 0. The summed E-state index contributed by atoms with van der Waals surface area (Å²) in [5, 5.41) is 2.78. The van der Waals surface area contributed by atoms with Crippen molar-refractivity contribution < 1.29 is 14.0 Å². The van der Waals surface area contributed by atoms with Crippen molar-refractivity contribution in [2.45, 2.75) is 20.4 Å². The van der Waals surface area contributed by atoms with Crippen LogP contribution in [0.1, 0.15) is 18.1 Å². The molecule has 0 unspecified atom stereocenters. The molecule has 0 bridgehead atoms. The van der Waals surface area contributed by atoms with Gasteiger partial charge in [-0.05, 0) is 36.8 Å². The highest BCUT2D eigenvalue weighted by Crippen LogP contribution is 2.14. The van der Waals surface area contributed by atoms with Crippen molar-refractivity contribution in [1.82, 2.24) is 5.32 Å². The molecular weight excluding hydrogens is 295 g/mol. The Bertz CT molecular complexity index is 681. The molecular formula is C18H19FN2O2. The summed E-state index contributed by atoms with van der Waals surface area (Å²) in [4.78, 5) is 25.1. The van der Waals surface area contributed by atoms with E-state index in [1.54, 1.807) is 0 Å². The van der Waals surface area contributed by atoms with Crippen molar-refractivity contribution in [2.75, 3.05) is 11.4 Å². The lowest BCUT2D eigenvalue weighted by Crippen LogP contribution is -2.39. The van der Waals surface area contributed by atoms with Crippen molar-refractivity contribution in [3.8, 4) is 0 Å². The highest BCUT2D eigenvalue weighted by atomic mass is 19.1. The average Bonchev–Trinajstić information content (AvgIpc) is 2.53. The maximum absolute atomic E-state index is 13.0. The van der Waals surface area contributed by atoms with E-state index in [0.29, 0.717) is 12.2 Å². The standard InChI is InChI=1S/C18H19FN2O2/c1-13-3-5-15(6-4-13)11-20-18(23)12-21(14(2)22)17-9-7-16(19)8-10-17/h3-10H,11-12H2,1-2H3,(H,20,23). The molecule has 2 aromatic rings. The fourth-order valence-corrected chi connectivity index (χ4v) is 2.11. The number of halogens is 1. The van der Waals surface area contributed by atoms with Crippen LogP contribution in [-0.2, 0) is 16.1 Å². The zero-order chi connectivity index (χ0) is 16.8. The van der Waals surface area contributed by atoms with Crippen LogP contribution in [0.4, 0.5) is 10.1 Å². The van der Waals surface area contributed by atoms with Crippen LogP contribution >= 0.6 is 0 Å². The highest BCUT2D eigenvalue weighted by Gasteiger charge is 2.15. The second-order valence-electron chi connectivity index (χ2n) is 5.34. The zero-order valence-electron chi connectivity index (χ0n) is 13.2. The number of anilines is 1. The van der Waals surface area contributed by atoms with E-state index in [4.69, 9.17) is 0 Å². The van der Waals surface area contributed by atoms with Crippen LogP contribution < -0.4 is 10.2 Å². The van der Waals surface area contributed by atoms with E-state index in [1.165, 1.54) is 36.1 Å². The Hall–Kier alpha value is -2.69. The molecule has 23 heavy (non-hydrogen) atoms. The molecule has 0 fully saturated rings. The van der Waals surface area contributed by atoms with Crippen LogP contribution in [0.5, 0.6) is 0 Å². The molecule has 0 aliphatic rings. The topological polar surface area (TPSA) is 49.4 Å². The van der Waals surface area contributed by atoms with Crippen molar-refractivity contribution in [1.29, 1.82) is 0 Å². The van der Waals surface area contributed by atoms with Gasteiger partial charge in [0, 0.05) is 19.2 Å². The maximum Gasteiger partial charge on any atom is 0.240 e. The van der Waals surface area contributed by atoms with Crippen molar-refractivity contribution >= 4 is 17.5 Å². The lowest BCUT2D eigenvalue weighted by atomic mass is 10.1. The van der Waals surface area contributed by atoms with Crippen LogP contribution in [0.25, 0.3) is 0 Å². The molecule has 1 N–H and O–H groups in total. The minimum atomic E-state index is -0.388. The van der Waals surface area contributed by atoms with Gasteiger partial charge < -0.3 is 10.2 Å². The molecule has 0 heterocycles. The number of hydrogen-bond acceptors (Lipinski definition) is 2. The highest BCUT2D eigenvalue weighted by molar-refractivity contribution is 5.97. The van der Waals surface area contributed by atoms with E-state index < -0.39 is 0 Å². The number of nitrogens with one attached hydrogen (secondary N) is 1. The molecule has 2 amide bonds. The van der Waals surface area contributed by atoms with Crippen LogP contribution in [0.3, 0.4) is 0 Å². The summed E-state index contributed by atoms with van der Waals surface area (Å²) in [6.07, 6.45) is 0. The predicted molar refractivity (Wildman–Crippen MR) is 87.5 cm³/mol. The molecule has 0 radical (unpaired) electrons. The molecule has 0 saturated heterocycles. The van der Waals surface area contributed by atoms with E-state index in [0.717, 1.165) is 11.1 Å². The SMILES string of the molecule is CC(=O)N(CC(=O)NCc1ccc(C)cc1)c1ccc(F)cc1. The zero-order valence-corrected chi connectivity index (χ0v) is 13.2. The van der Waals surface area contributed by atoms with E-state index in [1.807, 2.05) is 31.2 Å². The number of hydrogen-bond donors (Lipinski definition) is 1. The van der Waals surface area contributed by atoms with Gasteiger partial charge >= 0.3 is 0 Å². The smallest absolute Gasteiger partial charge is 0.240 e. The first-order valence-electron chi connectivity index (χ1n) is 7.31. The Morgan fingerprint density at radius 3 is 2.22 bits per heavy atom. The number of rotatable bonds is 5. The first-order valence-corrected chi connectivity index (χ1v) is 7.31. The van der Waals surface area contributed by atoms with Crippen LogP contribution in [0.2, 0.25) is 0 Å². The average molecular weight is 314 g/mol. The van der Waals surface area contributed by atoms with Gasteiger partial charge in [0.2, 0.25) is 11.8 Å². The van der Waals surface area contributed by atoms with Crippen molar-refractivity contribution in [3.05, 3.63) is 65.5 Å². The summed E-state index contributed by atoms with van der Waals surface area (Å²) in [6.45, 7) is 3.66. The van der Waals surface area contributed by atoms with Gasteiger partial charge in [-0.3, -0.25) is 9.59 Å². The summed E-state index contributed by atoms with van der Waals surface area (Å²) in [5.41, 5.74) is 2.63. The van der Waals surface area contributed by atoms with E-state index in [2.05, 4.69) is 5.32 Å². The molecule has 0 spiro atoms. The quantitative estimate of drug-likeness (QED) is 0.922. The Morgan fingerprint density at radius 2 is 1.65 bits per heavy atom. The third-order valence-corrected chi connectivity index (χ3v) is 3.43. The third-order valence-electron chi connectivity index (χ3n) is 3.43. The Morgan fingerprint density at radius 1 is 1.04 bits per heavy atom. The van der Waals surface area contributed by atoms with E-state index in [-0.39, 0.29) is 24.2 Å². The number of amides is 2. The van der Waals surface area contributed by atoms with Gasteiger partial charge in [-0.2, -0.15) is 0 Å². The normalized spacial score (nSPS) is 10.2. The molecule has 4 nitrogen and oxygen atoms in total. The van der Waals surface area contributed by atoms with Crippen LogP contribution in [0.15, 0.2) is 48.5 Å². The monoisotopic (exact) mass is 314 g/mol. The van der Waals surface area contributed by atoms with Gasteiger partial charge in [-0.1, -0.05) is 29.8 Å². The number of aryl methyl sites for hydroxylation is 1. The first-order chi connectivity index (χ1) is 11.0. The summed E-state index contributed by atoms with van der Waals surface area (Å²) in [7, 11) is 0. The number of carbonyl (C=O) groups excluding carboxylic acids is 2.